The zero-order valence-corrected chi connectivity index (χ0v) is 8.84. The summed E-state index contributed by atoms with van der Waals surface area (Å²) in [5.41, 5.74) is 2.57. The summed E-state index contributed by atoms with van der Waals surface area (Å²) < 4.78 is 0. The van der Waals surface area contributed by atoms with Gasteiger partial charge in [0, 0.05) is 0 Å². The Morgan fingerprint density at radius 1 is 1.31 bits per heavy atom. The first-order valence-electron chi connectivity index (χ1n) is 4.75. The van der Waals surface area contributed by atoms with Gasteiger partial charge in [-0.05, 0) is 33.1 Å². The fraction of sp³-hybridized carbons (Fsp3) is 0.385. The lowest BCUT2D eigenvalue weighted by atomic mass is 10.1. The van der Waals surface area contributed by atoms with Gasteiger partial charge in [-0.3, -0.25) is 0 Å². The van der Waals surface area contributed by atoms with Gasteiger partial charge in [0.1, 0.15) is 0 Å². The Morgan fingerprint density at radius 2 is 2.00 bits per heavy atom. The summed E-state index contributed by atoms with van der Waals surface area (Å²) in [6.45, 7) is 11.9. The third kappa shape index (κ3) is 8.87. The van der Waals surface area contributed by atoms with E-state index in [1.165, 1.54) is 11.1 Å². The molecular formula is C13H20. The van der Waals surface area contributed by atoms with E-state index in [9.17, 15) is 0 Å². The molecule has 0 saturated heterocycles. The van der Waals surface area contributed by atoms with E-state index in [0.717, 1.165) is 19.3 Å². The van der Waals surface area contributed by atoms with Crippen molar-refractivity contribution in [2.45, 2.75) is 33.1 Å². The molecule has 0 aliphatic carbocycles. The molecular weight excluding hydrogens is 156 g/mol. The molecule has 0 fully saturated rings. The molecule has 0 aromatic rings. The highest BCUT2D eigenvalue weighted by Gasteiger charge is 1.86. The fourth-order valence-corrected chi connectivity index (χ4v) is 0.961. The van der Waals surface area contributed by atoms with E-state index in [1.54, 1.807) is 0 Å². The number of hydrogen-bond acceptors (Lipinski definition) is 0. The summed E-state index contributed by atoms with van der Waals surface area (Å²) in [6.07, 6.45) is 11.4. The van der Waals surface area contributed by atoms with Crippen molar-refractivity contribution in [3.63, 3.8) is 0 Å². The quantitative estimate of drug-likeness (QED) is 0.415. The lowest BCUT2D eigenvalue weighted by Gasteiger charge is -1.96. The maximum atomic E-state index is 3.97. The predicted octanol–water partition coefficient (Wildman–Crippen LogP) is 4.42. The van der Waals surface area contributed by atoms with E-state index in [4.69, 9.17) is 0 Å². The Balaban J connectivity index is 3.63. The van der Waals surface area contributed by atoms with Gasteiger partial charge in [-0.15, -0.1) is 6.58 Å². The molecule has 0 saturated carbocycles. The zero-order valence-electron chi connectivity index (χ0n) is 8.84. The van der Waals surface area contributed by atoms with Crippen molar-refractivity contribution < 1.29 is 0 Å². The molecule has 0 atom stereocenters. The average molecular weight is 176 g/mol. The van der Waals surface area contributed by atoms with E-state index < -0.39 is 0 Å². The van der Waals surface area contributed by atoms with Crippen molar-refractivity contribution in [1.29, 1.82) is 0 Å². The summed E-state index contributed by atoms with van der Waals surface area (Å²) in [7, 11) is 0. The van der Waals surface area contributed by atoms with Crippen LogP contribution in [-0.4, -0.2) is 0 Å². The van der Waals surface area contributed by atoms with Crippen LogP contribution < -0.4 is 0 Å². The Labute approximate surface area is 82.4 Å². The summed E-state index contributed by atoms with van der Waals surface area (Å²) in [4.78, 5) is 0. The first-order valence-corrected chi connectivity index (χ1v) is 4.75. The van der Waals surface area contributed by atoms with Crippen molar-refractivity contribution in [3.8, 4) is 0 Å². The smallest absolute Gasteiger partial charge is 0.0169 e. The molecule has 0 spiro atoms. The van der Waals surface area contributed by atoms with E-state index in [0.29, 0.717) is 0 Å². The van der Waals surface area contributed by atoms with E-state index in [1.807, 2.05) is 6.08 Å². The van der Waals surface area contributed by atoms with E-state index in [-0.39, 0.29) is 0 Å². The van der Waals surface area contributed by atoms with Crippen LogP contribution in [0.25, 0.3) is 0 Å². The van der Waals surface area contributed by atoms with Crippen LogP contribution in [-0.2, 0) is 0 Å². The van der Waals surface area contributed by atoms with Gasteiger partial charge >= 0.3 is 0 Å². The topological polar surface area (TPSA) is 0 Å². The first kappa shape index (κ1) is 12.0. The summed E-state index contributed by atoms with van der Waals surface area (Å²) in [5, 5.41) is 0. The molecule has 0 rings (SSSR count). The molecule has 0 N–H and O–H groups in total. The molecule has 0 heteroatoms. The number of hydrogen-bond donors (Lipinski definition) is 0. The molecule has 13 heavy (non-hydrogen) atoms. The molecule has 0 aromatic carbocycles. The molecule has 0 aliphatic heterocycles. The Morgan fingerprint density at radius 3 is 2.54 bits per heavy atom. The van der Waals surface area contributed by atoms with Crippen molar-refractivity contribution in [3.05, 3.63) is 48.6 Å². The number of allylic oxidation sites excluding steroid dienone is 6. The van der Waals surface area contributed by atoms with Crippen LogP contribution >= 0.6 is 0 Å². The summed E-state index contributed by atoms with van der Waals surface area (Å²) in [6, 6.07) is 0. The highest BCUT2D eigenvalue weighted by atomic mass is 13.9. The molecule has 0 heterocycles. The van der Waals surface area contributed by atoms with Crippen LogP contribution in [0.1, 0.15) is 33.1 Å². The summed E-state index contributed by atoms with van der Waals surface area (Å²) >= 11 is 0. The van der Waals surface area contributed by atoms with Crippen molar-refractivity contribution in [2.24, 2.45) is 0 Å². The Bertz CT molecular complexity index is 212. The van der Waals surface area contributed by atoms with Crippen LogP contribution in [0.2, 0.25) is 0 Å². The normalized spacial score (nSPS) is 10.0. The second-order valence-electron chi connectivity index (χ2n) is 3.41. The average Bonchev–Trinajstić information content (AvgIpc) is 2.04. The molecule has 0 bridgehead atoms. The number of rotatable bonds is 6. The SMILES string of the molecule is C=CCC=CC(=C)CCC=C(C)C. The van der Waals surface area contributed by atoms with Gasteiger partial charge in [-0.25, -0.2) is 0 Å². The lowest BCUT2D eigenvalue weighted by Crippen LogP contribution is -1.76. The second-order valence-corrected chi connectivity index (χ2v) is 3.41. The minimum Gasteiger partial charge on any atom is -0.103 e. The summed E-state index contributed by atoms with van der Waals surface area (Å²) in [5.74, 6) is 0. The van der Waals surface area contributed by atoms with Crippen molar-refractivity contribution >= 4 is 0 Å². The Hall–Kier alpha value is -1.04. The van der Waals surface area contributed by atoms with Gasteiger partial charge < -0.3 is 0 Å². The molecule has 0 aromatic heterocycles. The largest absolute Gasteiger partial charge is 0.103 e. The maximum absolute atomic E-state index is 3.97. The standard InChI is InChI=1S/C13H20/c1-5-6-7-10-13(4)11-8-9-12(2)3/h5,7,9-10H,1,4,6,8,11H2,2-3H3. The molecule has 0 nitrogen and oxygen atoms in total. The predicted molar refractivity (Wildman–Crippen MR) is 61.8 cm³/mol. The second kappa shape index (κ2) is 7.60. The van der Waals surface area contributed by atoms with Gasteiger partial charge in [0.05, 0.1) is 0 Å². The van der Waals surface area contributed by atoms with Crippen LogP contribution in [0.15, 0.2) is 48.6 Å². The molecule has 0 amide bonds. The maximum Gasteiger partial charge on any atom is -0.0169 e. The van der Waals surface area contributed by atoms with Crippen LogP contribution in [0.4, 0.5) is 0 Å². The van der Waals surface area contributed by atoms with Gasteiger partial charge in [0.25, 0.3) is 0 Å². The van der Waals surface area contributed by atoms with Gasteiger partial charge in [0.2, 0.25) is 0 Å². The highest BCUT2D eigenvalue weighted by Crippen LogP contribution is 2.06. The molecule has 0 aliphatic rings. The van der Waals surface area contributed by atoms with Gasteiger partial charge in [0.15, 0.2) is 0 Å². The third-order valence-corrected chi connectivity index (χ3v) is 1.67. The monoisotopic (exact) mass is 176 g/mol. The zero-order chi connectivity index (χ0) is 10.1. The molecule has 0 unspecified atom stereocenters. The van der Waals surface area contributed by atoms with Crippen molar-refractivity contribution in [1.82, 2.24) is 0 Å². The highest BCUT2D eigenvalue weighted by molar-refractivity contribution is 5.15. The lowest BCUT2D eigenvalue weighted by molar-refractivity contribution is 0.997. The van der Waals surface area contributed by atoms with Gasteiger partial charge in [-0.2, -0.15) is 0 Å². The van der Waals surface area contributed by atoms with Crippen LogP contribution in [0.3, 0.4) is 0 Å². The van der Waals surface area contributed by atoms with Gasteiger partial charge in [-0.1, -0.05) is 42.0 Å². The molecule has 0 radical (unpaired) electrons. The minimum absolute atomic E-state index is 0.932. The van der Waals surface area contributed by atoms with E-state index in [2.05, 4.69) is 45.2 Å². The van der Waals surface area contributed by atoms with Crippen molar-refractivity contribution in [2.75, 3.05) is 0 Å². The minimum atomic E-state index is 0.932. The first-order chi connectivity index (χ1) is 6.16. The Kier molecular flexibility index (Phi) is 6.99. The van der Waals surface area contributed by atoms with E-state index >= 15 is 0 Å². The van der Waals surface area contributed by atoms with Crippen LogP contribution in [0, 0.1) is 0 Å². The third-order valence-electron chi connectivity index (χ3n) is 1.67. The molecule has 72 valence electrons. The fourth-order valence-electron chi connectivity index (χ4n) is 0.961. The van der Waals surface area contributed by atoms with Crippen LogP contribution in [0.5, 0.6) is 0 Å².